The maximum absolute atomic E-state index is 9.96. The van der Waals surface area contributed by atoms with E-state index in [1.54, 1.807) is 14.2 Å². The van der Waals surface area contributed by atoms with E-state index in [2.05, 4.69) is 6.58 Å². The highest BCUT2D eigenvalue weighted by Gasteiger charge is 2.10. The largest absolute Gasteiger partial charge is 0.493 e. The summed E-state index contributed by atoms with van der Waals surface area (Å²) < 4.78 is 10.4. The molecule has 100 valence electrons. The highest BCUT2D eigenvalue weighted by molar-refractivity contribution is 5.43. The molecule has 0 radical (unpaired) electrons. The van der Waals surface area contributed by atoms with E-state index in [9.17, 15) is 5.11 Å². The van der Waals surface area contributed by atoms with E-state index in [-0.39, 0.29) is 0 Å². The van der Waals surface area contributed by atoms with E-state index < -0.39 is 6.10 Å². The lowest BCUT2D eigenvalue weighted by molar-refractivity contribution is 0.174. The van der Waals surface area contributed by atoms with Gasteiger partial charge in [0.15, 0.2) is 11.5 Å². The van der Waals surface area contributed by atoms with Crippen molar-refractivity contribution < 1.29 is 14.6 Å². The highest BCUT2D eigenvalue weighted by atomic mass is 16.5. The number of ether oxygens (including phenoxy) is 2. The lowest BCUT2D eigenvalue weighted by Crippen LogP contribution is -2.11. The molecule has 1 atom stereocenters. The van der Waals surface area contributed by atoms with Gasteiger partial charge in [0.25, 0.3) is 0 Å². The fourth-order valence-electron chi connectivity index (χ4n) is 1.83. The van der Waals surface area contributed by atoms with Gasteiger partial charge in [0.05, 0.1) is 20.3 Å². The molecule has 1 rings (SSSR count). The first-order valence-corrected chi connectivity index (χ1v) is 6.16. The summed E-state index contributed by atoms with van der Waals surface area (Å²) in [5, 5.41) is 9.96. The van der Waals surface area contributed by atoms with Crippen LogP contribution in [0.5, 0.6) is 11.5 Å². The first-order chi connectivity index (χ1) is 8.60. The molecule has 3 heteroatoms. The molecule has 0 heterocycles. The second-order valence-corrected chi connectivity index (χ2v) is 4.35. The van der Waals surface area contributed by atoms with E-state index in [1.165, 1.54) is 0 Å². The summed E-state index contributed by atoms with van der Waals surface area (Å²) in [7, 11) is 3.22. The van der Waals surface area contributed by atoms with E-state index in [1.807, 2.05) is 25.1 Å². The molecule has 0 aliphatic carbocycles. The number of aliphatic hydroxyl groups is 1. The summed E-state index contributed by atoms with van der Waals surface area (Å²) >= 11 is 0. The average molecular weight is 250 g/mol. The number of rotatable bonds is 7. The Kier molecular flexibility index (Phi) is 5.72. The number of benzene rings is 1. The Balaban J connectivity index is 2.70. The molecule has 1 aromatic rings. The Bertz CT molecular complexity index is 399. The van der Waals surface area contributed by atoms with Crippen molar-refractivity contribution in [2.24, 2.45) is 0 Å². The number of aliphatic hydroxyl groups excluding tert-OH is 1. The molecule has 0 aliphatic rings. The Hall–Kier alpha value is -1.48. The van der Waals surface area contributed by atoms with Gasteiger partial charge in [0.2, 0.25) is 0 Å². The maximum atomic E-state index is 9.96. The van der Waals surface area contributed by atoms with Crippen molar-refractivity contribution in [3.63, 3.8) is 0 Å². The zero-order valence-corrected chi connectivity index (χ0v) is 11.4. The van der Waals surface area contributed by atoms with Crippen molar-refractivity contribution in [3.8, 4) is 11.5 Å². The molecular formula is C15H22O3. The molecule has 0 bridgehead atoms. The minimum Gasteiger partial charge on any atom is -0.493 e. The minimum absolute atomic E-state index is 0.393. The van der Waals surface area contributed by atoms with Crippen molar-refractivity contribution in [3.05, 3.63) is 35.9 Å². The Morgan fingerprint density at radius 2 is 1.94 bits per heavy atom. The summed E-state index contributed by atoms with van der Waals surface area (Å²) in [4.78, 5) is 0. The van der Waals surface area contributed by atoms with Crippen LogP contribution in [-0.4, -0.2) is 25.4 Å². The van der Waals surface area contributed by atoms with Gasteiger partial charge in [-0.05, 0) is 37.0 Å². The number of methoxy groups -OCH3 is 2. The molecule has 1 N–H and O–H groups in total. The molecule has 0 spiro atoms. The van der Waals surface area contributed by atoms with Gasteiger partial charge >= 0.3 is 0 Å². The van der Waals surface area contributed by atoms with Crippen LogP contribution >= 0.6 is 0 Å². The van der Waals surface area contributed by atoms with Crippen LogP contribution < -0.4 is 9.47 Å². The van der Waals surface area contributed by atoms with Crippen molar-refractivity contribution in [1.29, 1.82) is 0 Å². The van der Waals surface area contributed by atoms with Crippen LogP contribution in [0.25, 0.3) is 0 Å². The molecule has 1 aromatic carbocycles. The summed E-state index contributed by atoms with van der Waals surface area (Å²) in [5.74, 6) is 1.39. The quantitative estimate of drug-likeness (QED) is 0.756. The lowest BCUT2D eigenvalue weighted by Gasteiger charge is -2.13. The molecule has 0 aliphatic heterocycles. The van der Waals surface area contributed by atoms with Crippen LogP contribution in [-0.2, 0) is 6.42 Å². The van der Waals surface area contributed by atoms with Gasteiger partial charge in [-0.1, -0.05) is 25.1 Å². The predicted molar refractivity (Wildman–Crippen MR) is 73.3 cm³/mol. The third-order valence-electron chi connectivity index (χ3n) is 2.94. The number of hydrogen-bond acceptors (Lipinski definition) is 3. The molecule has 3 nitrogen and oxygen atoms in total. The Morgan fingerprint density at radius 3 is 2.50 bits per heavy atom. The fraction of sp³-hybridized carbons (Fsp3) is 0.467. The van der Waals surface area contributed by atoms with Crippen LogP contribution in [0.4, 0.5) is 0 Å². The smallest absolute Gasteiger partial charge is 0.160 e. The van der Waals surface area contributed by atoms with Gasteiger partial charge in [-0.25, -0.2) is 0 Å². The van der Waals surface area contributed by atoms with Gasteiger partial charge in [-0.3, -0.25) is 0 Å². The first-order valence-electron chi connectivity index (χ1n) is 6.16. The molecular weight excluding hydrogens is 228 g/mol. The topological polar surface area (TPSA) is 38.7 Å². The van der Waals surface area contributed by atoms with E-state index in [4.69, 9.17) is 9.47 Å². The summed E-state index contributed by atoms with van der Waals surface area (Å²) in [6, 6.07) is 5.70. The van der Waals surface area contributed by atoms with Crippen LogP contribution in [0, 0.1) is 0 Å². The Morgan fingerprint density at radius 1 is 1.28 bits per heavy atom. The monoisotopic (exact) mass is 250 g/mol. The molecule has 0 aromatic heterocycles. The molecule has 1 unspecified atom stereocenters. The summed E-state index contributed by atoms with van der Waals surface area (Å²) in [6.45, 7) is 5.96. The molecule has 0 saturated heterocycles. The predicted octanol–water partition coefficient (Wildman–Crippen LogP) is 2.96. The standard InChI is InChI=1S/C15H22O3/c1-5-11(2)8-13(16)9-12-6-7-14(17-3)15(10-12)18-4/h6-7,10,13,16H,2,5,8-9H2,1,3-4H3. The van der Waals surface area contributed by atoms with Gasteiger partial charge in [-0.2, -0.15) is 0 Å². The van der Waals surface area contributed by atoms with E-state index in [0.29, 0.717) is 24.3 Å². The summed E-state index contributed by atoms with van der Waals surface area (Å²) in [6.07, 6.45) is 1.75. The van der Waals surface area contributed by atoms with Crippen molar-refractivity contribution in [2.75, 3.05) is 14.2 Å². The van der Waals surface area contributed by atoms with Crippen molar-refractivity contribution in [1.82, 2.24) is 0 Å². The van der Waals surface area contributed by atoms with Gasteiger partial charge in [-0.15, -0.1) is 0 Å². The van der Waals surface area contributed by atoms with Crippen LogP contribution in [0.2, 0.25) is 0 Å². The normalized spacial score (nSPS) is 12.0. The minimum atomic E-state index is -0.393. The maximum Gasteiger partial charge on any atom is 0.160 e. The molecule has 0 saturated carbocycles. The molecule has 0 fully saturated rings. The molecule has 18 heavy (non-hydrogen) atoms. The second-order valence-electron chi connectivity index (χ2n) is 4.35. The van der Waals surface area contributed by atoms with Gasteiger partial charge in [0, 0.05) is 0 Å². The van der Waals surface area contributed by atoms with Crippen molar-refractivity contribution in [2.45, 2.75) is 32.3 Å². The first kappa shape index (κ1) is 14.6. The lowest BCUT2D eigenvalue weighted by atomic mass is 10.0. The SMILES string of the molecule is C=C(CC)CC(O)Cc1ccc(OC)c(OC)c1. The number of hydrogen-bond donors (Lipinski definition) is 1. The fourth-order valence-corrected chi connectivity index (χ4v) is 1.83. The van der Waals surface area contributed by atoms with Crippen LogP contribution in [0.15, 0.2) is 30.4 Å². The zero-order chi connectivity index (χ0) is 13.5. The molecule has 0 amide bonds. The highest BCUT2D eigenvalue weighted by Crippen LogP contribution is 2.28. The van der Waals surface area contributed by atoms with E-state index >= 15 is 0 Å². The van der Waals surface area contributed by atoms with Crippen LogP contribution in [0.3, 0.4) is 0 Å². The summed E-state index contributed by atoms with van der Waals surface area (Å²) in [5.41, 5.74) is 2.10. The van der Waals surface area contributed by atoms with Crippen molar-refractivity contribution >= 4 is 0 Å². The third kappa shape index (κ3) is 4.08. The Labute approximate surface area is 109 Å². The third-order valence-corrected chi connectivity index (χ3v) is 2.94. The van der Waals surface area contributed by atoms with E-state index in [0.717, 1.165) is 17.6 Å². The van der Waals surface area contributed by atoms with Gasteiger partial charge in [0.1, 0.15) is 0 Å². The van der Waals surface area contributed by atoms with Crippen LogP contribution in [0.1, 0.15) is 25.3 Å². The van der Waals surface area contributed by atoms with Gasteiger partial charge < -0.3 is 14.6 Å². The zero-order valence-electron chi connectivity index (χ0n) is 11.4. The average Bonchev–Trinajstić information content (AvgIpc) is 2.38. The second kappa shape index (κ2) is 7.07.